The van der Waals surface area contributed by atoms with Crippen molar-refractivity contribution in [3.63, 3.8) is 0 Å². The molecule has 10 heteroatoms. The number of hydrogen-bond donors (Lipinski definition) is 0. The van der Waals surface area contributed by atoms with Crippen molar-refractivity contribution in [1.82, 2.24) is 14.4 Å². The second-order valence-electron chi connectivity index (χ2n) is 8.22. The maximum absolute atomic E-state index is 12.6. The Morgan fingerprint density at radius 2 is 1.81 bits per heavy atom. The number of benzene rings is 1. The first-order chi connectivity index (χ1) is 14.9. The number of aryl methyl sites for hydroxylation is 1. The summed E-state index contributed by atoms with van der Waals surface area (Å²) in [6.45, 7) is 3.17. The average Bonchev–Trinajstić information content (AvgIpc) is 3.41. The Morgan fingerprint density at radius 3 is 2.48 bits per heavy atom. The number of non-ortho nitro benzene ring substituents is 1. The molecule has 0 aliphatic carbocycles. The summed E-state index contributed by atoms with van der Waals surface area (Å²) in [5.41, 5.74) is 0.495. The van der Waals surface area contributed by atoms with Crippen molar-refractivity contribution in [2.45, 2.75) is 45.1 Å². The van der Waals surface area contributed by atoms with Crippen molar-refractivity contribution in [2.75, 3.05) is 26.2 Å². The predicted octanol–water partition coefficient (Wildman–Crippen LogP) is 2.14. The van der Waals surface area contributed by atoms with Gasteiger partial charge < -0.3 is 14.2 Å². The Hall–Kier alpha value is -3.17. The minimum atomic E-state index is -0.593. The third-order valence-corrected chi connectivity index (χ3v) is 6.25. The van der Waals surface area contributed by atoms with E-state index in [1.165, 1.54) is 22.8 Å². The van der Waals surface area contributed by atoms with Crippen LogP contribution >= 0.6 is 0 Å². The first kappa shape index (κ1) is 21.1. The van der Waals surface area contributed by atoms with Crippen LogP contribution in [0.3, 0.4) is 0 Å². The van der Waals surface area contributed by atoms with E-state index in [4.69, 9.17) is 4.42 Å². The highest BCUT2D eigenvalue weighted by molar-refractivity contribution is 5.80. The fourth-order valence-corrected chi connectivity index (χ4v) is 4.50. The molecule has 0 unspecified atom stereocenters. The molecular weight excluding hydrogens is 404 g/mol. The molecule has 0 spiro atoms. The second-order valence-corrected chi connectivity index (χ2v) is 8.22. The highest BCUT2D eigenvalue weighted by Gasteiger charge is 2.31. The van der Waals surface area contributed by atoms with Crippen LogP contribution in [0.25, 0.3) is 11.1 Å². The van der Waals surface area contributed by atoms with Gasteiger partial charge in [0.2, 0.25) is 11.8 Å². The lowest BCUT2D eigenvalue weighted by molar-refractivity contribution is -0.384. The molecule has 2 amide bonds. The van der Waals surface area contributed by atoms with Crippen molar-refractivity contribution in [2.24, 2.45) is 5.92 Å². The zero-order valence-electron chi connectivity index (χ0n) is 17.3. The van der Waals surface area contributed by atoms with Gasteiger partial charge in [-0.1, -0.05) is 0 Å². The molecule has 1 aromatic heterocycles. The SMILES string of the molecule is O=C(CCCn1c(=O)oc2cc([N+](=O)[O-])ccc21)N1CCC(C(=O)N2CCCC2)CC1. The minimum absolute atomic E-state index is 0.0158. The van der Waals surface area contributed by atoms with Crippen LogP contribution in [0.15, 0.2) is 27.4 Å². The number of aromatic nitrogens is 1. The van der Waals surface area contributed by atoms with Crippen molar-refractivity contribution in [3.05, 3.63) is 38.9 Å². The normalized spacial score (nSPS) is 17.4. The quantitative estimate of drug-likeness (QED) is 0.512. The van der Waals surface area contributed by atoms with E-state index in [1.54, 1.807) is 4.90 Å². The summed E-state index contributed by atoms with van der Waals surface area (Å²) < 4.78 is 6.51. The van der Waals surface area contributed by atoms with Gasteiger partial charge in [0.1, 0.15) is 0 Å². The molecule has 0 N–H and O–H groups in total. The molecule has 1 aromatic carbocycles. The van der Waals surface area contributed by atoms with Crippen LogP contribution in [0.5, 0.6) is 0 Å². The van der Waals surface area contributed by atoms with E-state index in [0.29, 0.717) is 44.4 Å². The van der Waals surface area contributed by atoms with E-state index in [-0.39, 0.29) is 35.4 Å². The van der Waals surface area contributed by atoms with E-state index in [0.717, 1.165) is 25.9 Å². The third-order valence-electron chi connectivity index (χ3n) is 6.25. The van der Waals surface area contributed by atoms with Crippen LogP contribution in [0.1, 0.15) is 38.5 Å². The molecule has 166 valence electrons. The van der Waals surface area contributed by atoms with Gasteiger partial charge in [-0.25, -0.2) is 4.79 Å². The molecule has 0 bridgehead atoms. The lowest BCUT2D eigenvalue weighted by Gasteiger charge is -2.33. The molecule has 31 heavy (non-hydrogen) atoms. The highest BCUT2D eigenvalue weighted by Crippen LogP contribution is 2.23. The molecule has 2 fully saturated rings. The van der Waals surface area contributed by atoms with Gasteiger partial charge in [0.05, 0.1) is 16.5 Å². The number of oxazole rings is 1. The highest BCUT2D eigenvalue weighted by atomic mass is 16.6. The molecule has 4 rings (SSSR count). The fourth-order valence-electron chi connectivity index (χ4n) is 4.50. The van der Waals surface area contributed by atoms with Gasteiger partial charge in [-0.3, -0.25) is 24.3 Å². The smallest absolute Gasteiger partial charge is 0.407 e. The number of likely N-dealkylation sites (tertiary alicyclic amines) is 2. The molecule has 2 saturated heterocycles. The molecule has 2 aromatic rings. The van der Waals surface area contributed by atoms with E-state index >= 15 is 0 Å². The lowest BCUT2D eigenvalue weighted by atomic mass is 9.95. The molecule has 2 aliphatic heterocycles. The number of piperidine rings is 1. The number of hydrogen-bond acceptors (Lipinski definition) is 6. The van der Waals surface area contributed by atoms with Crippen molar-refractivity contribution >= 4 is 28.6 Å². The van der Waals surface area contributed by atoms with E-state index in [1.807, 2.05) is 4.90 Å². The van der Waals surface area contributed by atoms with Crippen LogP contribution in [0, 0.1) is 16.0 Å². The van der Waals surface area contributed by atoms with Gasteiger partial charge in [0.25, 0.3) is 5.69 Å². The van der Waals surface area contributed by atoms with Gasteiger partial charge in [-0.05, 0) is 38.2 Å². The standard InChI is InChI=1S/C21H26N4O6/c26-19(22-12-7-15(8-13-22)20(27)23-9-1-2-10-23)4-3-11-24-17-6-5-16(25(29)30)14-18(17)31-21(24)28/h5-6,14-15H,1-4,7-13H2. The third kappa shape index (κ3) is 4.47. The largest absolute Gasteiger partial charge is 0.419 e. The maximum atomic E-state index is 12.6. The molecule has 3 heterocycles. The van der Waals surface area contributed by atoms with Gasteiger partial charge in [-0.2, -0.15) is 0 Å². The number of nitro groups is 1. The molecule has 0 atom stereocenters. The maximum Gasteiger partial charge on any atom is 0.419 e. The number of rotatable bonds is 6. The second kappa shape index (κ2) is 8.91. The van der Waals surface area contributed by atoms with E-state index in [9.17, 15) is 24.5 Å². The Balaban J connectivity index is 1.28. The predicted molar refractivity (Wildman–Crippen MR) is 111 cm³/mol. The zero-order chi connectivity index (χ0) is 22.0. The van der Waals surface area contributed by atoms with Crippen molar-refractivity contribution < 1.29 is 18.9 Å². The average molecular weight is 430 g/mol. The molecule has 10 nitrogen and oxygen atoms in total. The van der Waals surface area contributed by atoms with Crippen LogP contribution in [-0.4, -0.2) is 57.3 Å². The summed E-state index contributed by atoms with van der Waals surface area (Å²) in [5.74, 6) is -0.328. The van der Waals surface area contributed by atoms with Crippen molar-refractivity contribution in [1.29, 1.82) is 0 Å². The van der Waals surface area contributed by atoms with E-state index in [2.05, 4.69) is 0 Å². The molecule has 0 radical (unpaired) electrons. The van der Waals surface area contributed by atoms with E-state index < -0.39 is 10.7 Å². The summed E-state index contributed by atoms with van der Waals surface area (Å²) in [5, 5.41) is 10.9. The molecule has 2 aliphatic rings. The number of nitrogens with zero attached hydrogens (tertiary/aromatic N) is 4. The fraction of sp³-hybridized carbons (Fsp3) is 0.571. The Kier molecular flexibility index (Phi) is 6.06. The number of fused-ring (bicyclic) bond motifs is 1. The minimum Gasteiger partial charge on any atom is -0.407 e. The van der Waals surface area contributed by atoms with Gasteiger partial charge in [-0.15, -0.1) is 0 Å². The first-order valence-corrected chi connectivity index (χ1v) is 10.8. The molecule has 0 saturated carbocycles. The summed E-state index contributed by atoms with van der Waals surface area (Å²) in [6.07, 6.45) is 4.30. The number of nitro benzene ring substituents is 1. The number of carbonyl (C=O) groups excluding carboxylic acids is 2. The summed E-state index contributed by atoms with van der Waals surface area (Å²) in [7, 11) is 0. The Morgan fingerprint density at radius 1 is 1.10 bits per heavy atom. The lowest BCUT2D eigenvalue weighted by Crippen LogP contribution is -2.43. The monoisotopic (exact) mass is 430 g/mol. The first-order valence-electron chi connectivity index (χ1n) is 10.8. The van der Waals surface area contributed by atoms with Crippen molar-refractivity contribution in [3.8, 4) is 0 Å². The number of amides is 2. The van der Waals surface area contributed by atoms with Gasteiger partial charge in [0, 0.05) is 51.1 Å². The van der Waals surface area contributed by atoms with Gasteiger partial charge >= 0.3 is 5.76 Å². The number of carbonyl (C=O) groups is 2. The zero-order valence-corrected chi connectivity index (χ0v) is 17.3. The van der Waals surface area contributed by atoms with Crippen LogP contribution < -0.4 is 5.76 Å². The Labute approximate surface area is 178 Å². The topological polar surface area (TPSA) is 119 Å². The van der Waals surface area contributed by atoms with Crippen LogP contribution in [0.2, 0.25) is 0 Å². The molecular formula is C21H26N4O6. The Bertz CT molecular complexity index is 1040. The van der Waals surface area contributed by atoms with Crippen LogP contribution in [-0.2, 0) is 16.1 Å². The van der Waals surface area contributed by atoms with Crippen LogP contribution in [0.4, 0.5) is 5.69 Å². The summed E-state index contributed by atoms with van der Waals surface area (Å²) in [4.78, 5) is 51.3. The summed E-state index contributed by atoms with van der Waals surface area (Å²) in [6, 6.07) is 4.04. The summed E-state index contributed by atoms with van der Waals surface area (Å²) >= 11 is 0. The van der Waals surface area contributed by atoms with Gasteiger partial charge in [0.15, 0.2) is 5.58 Å².